The molecule has 0 heterocycles. The summed E-state index contributed by atoms with van der Waals surface area (Å²) in [5, 5.41) is 9.88. The van der Waals surface area contributed by atoms with Crippen molar-refractivity contribution in [3.63, 3.8) is 0 Å². The predicted molar refractivity (Wildman–Crippen MR) is 69.3 cm³/mol. The van der Waals surface area contributed by atoms with Crippen molar-refractivity contribution >= 4 is 0 Å². The van der Waals surface area contributed by atoms with Crippen LogP contribution in [0.1, 0.15) is 64.7 Å². The van der Waals surface area contributed by atoms with Gasteiger partial charge in [0.05, 0.1) is 6.10 Å². The summed E-state index contributed by atoms with van der Waals surface area (Å²) in [6.45, 7) is 2.91. The van der Waals surface area contributed by atoms with Crippen LogP contribution in [0.3, 0.4) is 0 Å². The summed E-state index contributed by atoms with van der Waals surface area (Å²) >= 11 is 0. The van der Waals surface area contributed by atoms with Crippen molar-refractivity contribution in [1.29, 1.82) is 0 Å². The van der Waals surface area contributed by atoms with Gasteiger partial charge in [0, 0.05) is 0 Å². The van der Waals surface area contributed by atoms with Gasteiger partial charge in [-0.3, -0.25) is 0 Å². The molecule has 0 bridgehead atoms. The zero-order valence-electron chi connectivity index (χ0n) is 10.8. The minimum atomic E-state index is -0.0871. The topological polar surface area (TPSA) is 46.2 Å². The van der Waals surface area contributed by atoms with Gasteiger partial charge in [0.1, 0.15) is 0 Å². The Bertz CT molecular complexity index is 166. The van der Waals surface area contributed by atoms with Crippen molar-refractivity contribution in [3.05, 3.63) is 0 Å². The molecule has 2 unspecified atom stereocenters. The quantitative estimate of drug-likeness (QED) is 0.702. The molecule has 0 spiro atoms. The smallest absolute Gasteiger partial charge is 0.0540 e. The number of hydrogen-bond acceptors (Lipinski definition) is 2. The molecule has 0 amide bonds. The zero-order chi connectivity index (χ0) is 11.8. The maximum absolute atomic E-state index is 9.88. The minimum absolute atomic E-state index is 0.0871. The van der Waals surface area contributed by atoms with Crippen LogP contribution in [0.2, 0.25) is 0 Å². The third-order valence-electron chi connectivity index (χ3n) is 4.03. The average molecular weight is 227 g/mol. The highest BCUT2D eigenvalue weighted by Crippen LogP contribution is 2.28. The number of hydrogen-bond donors (Lipinski definition) is 2. The molecule has 1 saturated carbocycles. The van der Waals surface area contributed by atoms with E-state index in [0.717, 1.165) is 31.7 Å². The molecule has 0 aromatic heterocycles. The Morgan fingerprint density at radius 3 is 2.44 bits per heavy atom. The molecule has 2 atom stereocenters. The molecule has 1 fully saturated rings. The average Bonchev–Trinajstić information content (AvgIpc) is 2.34. The molecule has 2 heteroatoms. The molecule has 16 heavy (non-hydrogen) atoms. The fourth-order valence-corrected chi connectivity index (χ4v) is 2.64. The highest BCUT2D eigenvalue weighted by molar-refractivity contribution is 4.68. The van der Waals surface area contributed by atoms with Crippen LogP contribution < -0.4 is 5.73 Å². The van der Waals surface area contributed by atoms with E-state index in [-0.39, 0.29) is 6.10 Å². The van der Waals surface area contributed by atoms with Crippen molar-refractivity contribution in [1.82, 2.24) is 0 Å². The largest absolute Gasteiger partial charge is 0.393 e. The van der Waals surface area contributed by atoms with Crippen molar-refractivity contribution in [3.8, 4) is 0 Å². The molecular weight excluding hydrogens is 198 g/mol. The molecule has 0 aromatic rings. The van der Waals surface area contributed by atoms with E-state index in [2.05, 4.69) is 6.92 Å². The molecular formula is C14H29NO. The van der Waals surface area contributed by atoms with Crippen LogP contribution in [0.15, 0.2) is 0 Å². The highest BCUT2D eigenvalue weighted by Gasteiger charge is 2.15. The Labute approximate surface area is 101 Å². The monoisotopic (exact) mass is 227 g/mol. The number of aliphatic hydroxyl groups excluding tert-OH is 1. The minimum Gasteiger partial charge on any atom is -0.393 e. The van der Waals surface area contributed by atoms with E-state index in [1.54, 1.807) is 0 Å². The third-order valence-corrected chi connectivity index (χ3v) is 4.03. The van der Waals surface area contributed by atoms with E-state index < -0.39 is 0 Å². The summed E-state index contributed by atoms with van der Waals surface area (Å²) in [6, 6.07) is 0. The van der Waals surface area contributed by atoms with Crippen LogP contribution in [-0.2, 0) is 0 Å². The van der Waals surface area contributed by atoms with Gasteiger partial charge in [-0.25, -0.2) is 0 Å². The van der Waals surface area contributed by atoms with Gasteiger partial charge in [0.2, 0.25) is 0 Å². The van der Waals surface area contributed by atoms with Crippen LogP contribution in [0.4, 0.5) is 0 Å². The van der Waals surface area contributed by atoms with Crippen LogP contribution in [-0.4, -0.2) is 17.8 Å². The molecule has 0 saturated heterocycles. The Morgan fingerprint density at radius 2 is 1.81 bits per heavy atom. The zero-order valence-corrected chi connectivity index (χ0v) is 10.8. The lowest BCUT2D eigenvalue weighted by Crippen LogP contribution is -2.16. The highest BCUT2D eigenvalue weighted by atomic mass is 16.3. The molecule has 0 aliphatic heterocycles. The second-order valence-corrected chi connectivity index (χ2v) is 5.65. The first-order chi connectivity index (χ1) is 7.72. The Balaban J connectivity index is 2.02. The van der Waals surface area contributed by atoms with Crippen LogP contribution in [0.25, 0.3) is 0 Å². The summed E-state index contributed by atoms with van der Waals surface area (Å²) in [6.07, 6.45) is 11.2. The van der Waals surface area contributed by atoms with E-state index >= 15 is 0 Å². The fraction of sp³-hybridized carbons (Fsp3) is 1.00. The molecule has 3 N–H and O–H groups in total. The lowest BCUT2D eigenvalue weighted by Gasteiger charge is -2.22. The van der Waals surface area contributed by atoms with Gasteiger partial charge in [-0.1, -0.05) is 39.0 Å². The summed E-state index contributed by atoms with van der Waals surface area (Å²) in [5.74, 6) is 1.46. The Morgan fingerprint density at radius 1 is 1.12 bits per heavy atom. The van der Waals surface area contributed by atoms with Gasteiger partial charge in [0.15, 0.2) is 0 Å². The summed E-state index contributed by atoms with van der Waals surface area (Å²) in [5.41, 5.74) is 5.57. The van der Waals surface area contributed by atoms with E-state index in [1.807, 2.05) is 0 Å². The molecule has 2 nitrogen and oxygen atoms in total. The van der Waals surface area contributed by atoms with Crippen LogP contribution in [0.5, 0.6) is 0 Å². The van der Waals surface area contributed by atoms with Crippen molar-refractivity contribution in [2.24, 2.45) is 17.6 Å². The molecule has 0 aromatic carbocycles. The van der Waals surface area contributed by atoms with Gasteiger partial charge < -0.3 is 10.8 Å². The molecule has 1 aliphatic rings. The van der Waals surface area contributed by atoms with Crippen molar-refractivity contribution < 1.29 is 5.11 Å². The first-order valence-corrected chi connectivity index (χ1v) is 7.10. The summed E-state index contributed by atoms with van der Waals surface area (Å²) < 4.78 is 0. The van der Waals surface area contributed by atoms with E-state index in [0.29, 0.717) is 5.92 Å². The lowest BCUT2D eigenvalue weighted by atomic mass is 9.85. The Kier molecular flexibility index (Phi) is 7.06. The van der Waals surface area contributed by atoms with Gasteiger partial charge in [0.25, 0.3) is 0 Å². The normalized spacial score (nSPS) is 21.9. The number of nitrogens with two attached hydrogens (primary N) is 1. The first-order valence-electron chi connectivity index (χ1n) is 7.10. The maximum atomic E-state index is 9.88. The second kappa shape index (κ2) is 8.08. The summed E-state index contributed by atoms with van der Waals surface area (Å²) in [4.78, 5) is 0. The van der Waals surface area contributed by atoms with Gasteiger partial charge >= 0.3 is 0 Å². The molecule has 96 valence electrons. The number of aliphatic hydroxyl groups is 1. The standard InChI is InChI=1S/C14H29NO/c1-12(11-15)7-9-14(16)10-8-13-5-3-2-4-6-13/h12-14,16H,2-11,15H2,1H3. The SMILES string of the molecule is CC(CN)CCC(O)CCC1CCCCC1. The number of rotatable bonds is 7. The third kappa shape index (κ3) is 5.86. The molecule has 1 rings (SSSR count). The first kappa shape index (κ1) is 14.0. The van der Waals surface area contributed by atoms with E-state index in [4.69, 9.17) is 5.73 Å². The van der Waals surface area contributed by atoms with Gasteiger partial charge in [-0.2, -0.15) is 0 Å². The van der Waals surface area contributed by atoms with E-state index in [9.17, 15) is 5.11 Å². The summed E-state index contributed by atoms with van der Waals surface area (Å²) in [7, 11) is 0. The maximum Gasteiger partial charge on any atom is 0.0540 e. The Hall–Kier alpha value is -0.0800. The van der Waals surface area contributed by atoms with Crippen molar-refractivity contribution in [2.75, 3.05) is 6.54 Å². The lowest BCUT2D eigenvalue weighted by molar-refractivity contribution is 0.133. The van der Waals surface area contributed by atoms with Crippen LogP contribution in [0, 0.1) is 11.8 Å². The second-order valence-electron chi connectivity index (χ2n) is 5.65. The van der Waals surface area contributed by atoms with Crippen molar-refractivity contribution in [2.45, 2.75) is 70.8 Å². The predicted octanol–water partition coefficient (Wildman–Crippen LogP) is 3.08. The van der Waals surface area contributed by atoms with Gasteiger partial charge in [-0.15, -0.1) is 0 Å². The fourth-order valence-electron chi connectivity index (χ4n) is 2.64. The molecule has 0 radical (unpaired) electrons. The van der Waals surface area contributed by atoms with E-state index in [1.165, 1.54) is 38.5 Å². The van der Waals surface area contributed by atoms with Crippen LogP contribution >= 0.6 is 0 Å². The van der Waals surface area contributed by atoms with Gasteiger partial charge in [-0.05, 0) is 44.1 Å². The molecule has 1 aliphatic carbocycles.